The van der Waals surface area contributed by atoms with Gasteiger partial charge in [-0.25, -0.2) is 0 Å². The number of aromatic nitrogens is 1. The topological polar surface area (TPSA) is 12.9 Å². The molecule has 1 heteroatoms. The molecule has 0 atom stereocenters. The molecule has 72 valence electrons. The van der Waals surface area contributed by atoms with Crippen LogP contribution in [-0.2, 0) is 6.42 Å². The van der Waals surface area contributed by atoms with Crippen molar-refractivity contribution >= 4 is 12.2 Å². The Labute approximate surface area is 85.2 Å². The van der Waals surface area contributed by atoms with E-state index in [2.05, 4.69) is 49.2 Å². The Bertz CT molecular complexity index is 400. The van der Waals surface area contributed by atoms with E-state index in [1.165, 1.54) is 16.8 Å². The zero-order valence-corrected chi connectivity index (χ0v) is 8.75. The molecular formula is C13H15N. The van der Waals surface area contributed by atoms with Crippen molar-refractivity contribution in [2.45, 2.75) is 26.7 Å². The maximum Gasteiger partial charge on any atom is 0.0702 e. The van der Waals surface area contributed by atoms with E-state index < -0.39 is 0 Å². The minimum atomic E-state index is 1.01. The second-order valence-corrected chi connectivity index (χ2v) is 3.62. The van der Waals surface area contributed by atoms with Gasteiger partial charge in [-0.1, -0.05) is 25.2 Å². The maximum atomic E-state index is 4.65. The predicted molar refractivity (Wildman–Crippen MR) is 61.0 cm³/mol. The second kappa shape index (κ2) is 3.79. The van der Waals surface area contributed by atoms with Crippen LogP contribution in [0.25, 0.3) is 12.2 Å². The molecule has 0 spiro atoms. The van der Waals surface area contributed by atoms with Crippen LogP contribution in [0, 0.1) is 6.92 Å². The lowest BCUT2D eigenvalue weighted by atomic mass is 10.1. The molecule has 0 saturated carbocycles. The minimum Gasteiger partial charge on any atom is -0.253 e. The summed E-state index contributed by atoms with van der Waals surface area (Å²) >= 11 is 0. The van der Waals surface area contributed by atoms with Gasteiger partial charge in [-0.3, -0.25) is 4.98 Å². The Balaban J connectivity index is 2.57. The summed E-state index contributed by atoms with van der Waals surface area (Å²) < 4.78 is 0. The third-order valence-electron chi connectivity index (χ3n) is 2.56. The summed E-state index contributed by atoms with van der Waals surface area (Å²) in [4.78, 5) is 4.65. The molecule has 0 radical (unpaired) electrons. The largest absolute Gasteiger partial charge is 0.253 e. The van der Waals surface area contributed by atoms with Crippen molar-refractivity contribution in [2.24, 2.45) is 0 Å². The lowest BCUT2D eigenvalue weighted by molar-refractivity contribution is 0.999. The first-order chi connectivity index (χ1) is 6.81. The van der Waals surface area contributed by atoms with Crippen molar-refractivity contribution in [3.05, 3.63) is 40.7 Å². The second-order valence-electron chi connectivity index (χ2n) is 3.62. The Kier molecular flexibility index (Phi) is 2.49. The number of nitrogens with zero attached hydrogens (tertiary/aromatic N) is 1. The monoisotopic (exact) mass is 185 g/mol. The molecule has 0 bridgehead atoms. The van der Waals surface area contributed by atoms with E-state index in [9.17, 15) is 0 Å². The Morgan fingerprint density at radius 2 is 2.07 bits per heavy atom. The molecule has 1 nitrogen and oxygen atoms in total. The lowest BCUT2D eigenvalue weighted by Crippen LogP contribution is -1.96. The molecule has 0 N–H and O–H groups in total. The van der Waals surface area contributed by atoms with Crippen LogP contribution in [0.5, 0.6) is 0 Å². The lowest BCUT2D eigenvalue weighted by Gasteiger charge is -2.06. The molecule has 0 amide bonds. The zero-order chi connectivity index (χ0) is 9.97. The van der Waals surface area contributed by atoms with Crippen molar-refractivity contribution in [3.63, 3.8) is 0 Å². The fraction of sp³-hybridized carbons (Fsp3) is 0.308. The summed E-state index contributed by atoms with van der Waals surface area (Å²) in [6, 6.07) is 2.23. The van der Waals surface area contributed by atoms with Gasteiger partial charge in [0.15, 0.2) is 0 Å². The number of fused-ring (bicyclic) bond motifs is 1. The van der Waals surface area contributed by atoms with Gasteiger partial charge in [-0.2, -0.15) is 0 Å². The van der Waals surface area contributed by atoms with Crippen LogP contribution < -0.4 is 0 Å². The highest BCUT2D eigenvalue weighted by molar-refractivity contribution is 5.65. The first-order valence-electron chi connectivity index (χ1n) is 5.15. The van der Waals surface area contributed by atoms with Crippen LogP contribution in [0.15, 0.2) is 18.2 Å². The number of rotatable bonds is 1. The summed E-state index contributed by atoms with van der Waals surface area (Å²) in [5.41, 5.74) is 4.87. The first-order valence-corrected chi connectivity index (χ1v) is 5.15. The smallest absolute Gasteiger partial charge is 0.0702 e. The summed E-state index contributed by atoms with van der Waals surface area (Å²) in [7, 11) is 0. The Morgan fingerprint density at radius 3 is 2.86 bits per heavy atom. The molecule has 0 unspecified atom stereocenters. The number of aryl methyl sites for hydroxylation is 2. The average Bonchev–Trinajstić information content (AvgIpc) is 2.41. The highest BCUT2D eigenvalue weighted by atomic mass is 14.7. The Hall–Kier alpha value is -1.37. The van der Waals surface area contributed by atoms with Gasteiger partial charge in [-0.05, 0) is 37.5 Å². The third kappa shape index (κ3) is 1.63. The number of hydrogen-bond acceptors (Lipinski definition) is 1. The summed E-state index contributed by atoms with van der Waals surface area (Å²) in [5, 5.41) is 0. The quantitative estimate of drug-likeness (QED) is 0.653. The summed E-state index contributed by atoms with van der Waals surface area (Å²) in [6.07, 6.45) is 10.6. The zero-order valence-electron chi connectivity index (χ0n) is 8.75. The van der Waals surface area contributed by atoms with Crippen LogP contribution in [0.3, 0.4) is 0 Å². The SMILES string of the molecule is CCc1nc2c(cc1C)C=CCC=C2. The standard InChI is InChI=1S/C13H15N/c1-3-12-10(2)9-11-7-5-4-6-8-13(11)14-12/h5-9H,3-4H2,1-2H3. The van der Waals surface area contributed by atoms with E-state index in [1.54, 1.807) is 0 Å². The van der Waals surface area contributed by atoms with E-state index >= 15 is 0 Å². The molecule has 0 aromatic carbocycles. The fourth-order valence-corrected chi connectivity index (χ4v) is 1.77. The molecule has 0 aliphatic heterocycles. The molecule has 1 aliphatic carbocycles. The van der Waals surface area contributed by atoms with Gasteiger partial charge in [-0.15, -0.1) is 0 Å². The number of pyridine rings is 1. The highest BCUT2D eigenvalue weighted by Crippen LogP contribution is 2.19. The number of allylic oxidation sites excluding steroid dienone is 2. The molecule has 2 rings (SSSR count). The molecular weight excluding hydrogens is 170 g/mol. The molecule has 1 heterocycles. The van der Waals surface area contributed by atoms with Crippen LogP contribution in [-0.4, -0.2) is 4.98 Å². The van der Waals surface area contributed by atoms with E-state index in [0.29, 0.717) is 0 Å². The van der Waals surface area contributed by atoms with Gasteiger partial charge >= 0.3 is 0 Å². The van der Waals surface area contributed by atoms with E-state index in [4.69, 9.17) is 0 Å². The molecule has 1 aromatic heterocycles. The van der Waals surface area contributed by atoms with Gasteiger partial charge in [0.25, 0.3) is 0 Å². The van der Waals surface area contributed by atoms with Crippen molar-refractivity contribution in [2.75, 3.05) is 0 Å². The van der Waals surface area contributed by atoms with Crippen molar-refractivity contribution in [1.29, 1.82) is 0 Å². The molecule has 0 fully saturated rings. The number of hydrogen-bond donors (Lipinski definition) is 0. The third-order valence-corrected chi connectivity index (χ3v) is 2.56. The normalized spacial score (nSPS) is 13.9. The molecule has 1 aromatic rings. The van der Waals surface area contributed by atoms with Gasteiger partial charge < -0.3 is 0 Å². The fourth-order valence-electron chi connectivity index (χ4n) is 1.77. The predicted octanol–water partition coefficient (Wildman–Crippen LogP) is 3.38. The van der Waals surface area contributed by atoms with Gasteiger partial charge in [0.1, 0.15) is 0 Å². The van der Waals surface area contributed by atoms with Gasteiger partial charge in [0, 0.05) is 11.3 Å². The van der Waals surface area contributed by atoms with E-state index in [0.717, 1.165) is 18.5 Å². The van der Waals surface area contributed by atoms with Crippen LogP contribution >= 0.6 is 0 Å². The molecule has 14 heavy (non-hydrogen) atoms. The highest BCUT2D eigenvalue weighted by Gasteiger charge is 2.05. The maximum absolute atomic E-state index is 4.65. The van der Waals surface area contributed by atoms with Crippen LogP contribution in [0.1, 0.15) is 35.9 Å². The van der Waals surface area contributed by atoms with Crippen LogP contribution in [0.2, 0.25) is 0 Å². The van der Waals surface area contributed by atoms with Gasteiger partial charge in [0.05, 0.1) is 5.69 Å². The van der Waals surface area contributed by atoms with Crippen molar-refractivity contribution in [1.82, 2.24) is 4.98 Å². The van der Waals surface area contributed by atoms with Crippen molar-refractivity contribution in [3.8, 4) is 0 Å². The average molecular weight is 185 g/mol. The summed E-state index contributed by atoms with van der Waals surface area (Å²) in [5.74, 6) is 0. The van der Waals surface area contributed by atoms with E-state index in [1.807, 2.05) is 0 Å². The van der Waals surface area contributed by atoms with Gasteiger partial charge in [0.2, 0.25) is 0 Å². The molecule has 1 aliphatic rings. The van der Waals surface area contributed by atoms with Crippen molar-refractivity contribution < 1.29 is 0 Å². The minimum absolute atomic E-state index is 1.01. The summed E-state index contributed by atoms with van der Waals surface area (Å²) in [6.45, 7) is 4.28. The molecule has 0 saturated heterocycles. The Morgan fingerprint density at radius 1 is 1.29 bits per heavy atom. The van der Waals surface area contributed by atoms with Crippen LogP contribution in [0.4, 0.5) is 0 Å². The first kappa shape index (κ1) is 9.20. The van der Waals surface area contributed by atoms with E-state index in [-0.39, 0.29) is 0 Å².